The van der Waals surface area contributed by atoms with Crippen LogP contribution in [0.5, 0.6) is 11.5 Å². The van der Waals surface area contributed by atoms with Gasteiger partial charge in [-0.15, -0.1) is 0 Å². The van der Waals surface area contributed by atoms with Gasteiger partial charge in [0.25, 0.3) is 5.91 Å². The molecule has 1 aliphatic heterocycles. The molecule has 6 nitrogen and oxygen atoms in total. The zero-order valence-electron chi connectivity index (χ0n) is 16.2. The first-order chi connectivity index (χ1) is 14.4. The van der Waals surface area contributed by atoms with Crippen LogP contribution in [0.15, 0.2) is 46.3 Å². The Kier molecular flexibility index (Phi) is 7.42. The zero-order valence-corrected chi connectivity index (χ0v) is 18.5. The molecule has 0 saturated heterocycles. The molecule has 0 atom stereocenters. The third-order valence-corrected chi connectivity index (χ3v) is 5.41. The van der Waals surface area contributed by atoms with Crippen molar-refractivity contribution in [2.45, 2.75) is 20.5 Å². The van der Waals surface area contributed by atoms with E-state index in [0.29, 0.717) is 38.6 Å². The summed E-state index contributed by atoms with van der Waals surface area (Å²) in [5.74, 6) is 0.109. The van der Waals surface area contributed by atoms with E-state index in [1.165, 1.54) is 6.92 Å². The minimum atomic E-state index is -0.433. The third kappa shape index (κ3) is 5.56. The Morgan fingerprint density at radius 3 is 2.67 bits per heavy atom. The highest BCUT2D eigenvalue weighted by Crippen LogP contribution is 2.39. The maximum absolute atomic E-state index is 12.1. The van der Waals surface area contributed by atoms with Gasteiger partial charge >= 0.3 is 0 Å². The van der Waals surface area contributed by atoms with E-state index < -0.39 is 5.91 Å². The number of nitrogens with one attached hydrogen (secondary N) is 1. The van der Waals surface area contributed by atoms with Crippen molar-refractivity contribution in [2.75, 3.05) is 6.61 Å². The average Bonchev–Trinajstić information content (AvgIpc) is 3.00. The van der Waals surface area contributed by atoms with Crippen molar-refractivity contribution in [3.05, 3.63) is 62.5 Å². The van der Waals surface area contributed by atoms with Gasteiger partial charge in [0.1, 0.15) is 6.61 Å². The lowest BCUT2D eigenvalue weighted by Gasteiger charge is -2.15. The molecule has 0 aromatic heterocycles. The first-order valence-corrected chi connectivity index (χ1v) is 10.6. The topological polar surface area (TPSA) is 77.0 Å². The smallest absolute Gasteiger partial charge is 0.286 e. The molecule has 0 bridgehead atoms. The number of hydrogen-bond acceptors (Lipinski definition) is 5. The van der Waals surface area contributed by atoms with Gasteiger partial charge < -0.3 is 14.8 Å². The first-order valence-electron chi connectivity index (χ1n) is 9.00. The Morgan fingerprint density at radius 2 is 1.97 bits per heavy atom. The molecule has 0 fully saturated rings. The molecule has 30 heavy (non-hydrogen) atoms. The molecule has 156 valence electrons. The van der Waals surface area contributed by atoms with Crippen LogP contribution in [0.4, 0.5) is 0 Å². The van der Waals surface area contributed by atoms with E-state index >= 15 is 0 Å². The lowest BCUT2D eigenvalue weighted by Crippen LogP contribution is -2.23. The minimum Gasteiger partial charge on any atom is -0.490 e. The molecule has 1 N–H and O–H groups in total. The number of thioether (sulfide) groups is 1. The highest BCUT2D eigenvalue weighted by atomic mass is 35.5. The molecule has 0 radical (unpaired) electrons. The van der Waals surface area contributed by atoms with Crippen molar-refractivity contribution in [1.82, 2.24) is 5.32 Å². The summed E-state index contributed by atoms with van der Waals surface area (Å²) in [6.07, 6.45) is 1.64. The lowest BCUT2D eigenvalue weighted by molar-refractivity contribution is -0.117. The number of carbonyl (C=O) groups is 2. The highest BCUT2D eigenvalue weighted by molar-refractivity contribution is 8.18. The second kappa shape index (κ2) is 10.0. The van der Waals surface area contributed by atoms with Crippen LogP contribution in [0.25, 0.3) is 6.08 Å². The predicted octanol–water partition coefficient (Wildman–Crippen LogP) is 5.08. The summed E-state index contributed by atoms with van der Waals surface area (Å²) in [6.45, 7) is 3.83. The van der Waals surface area contributed by atoms with Gasteiger partial charge in [-0.05, 0) is 48.5 Å². The van der Waals surface area contributed by atoms with Crippen molar-refractivity contribution in [3.8, 4) is 11.5 Å². The average molecular weight is 465 g/mol. The summed E-state index contributed by atoms with van der Waals surface area (Å²) in [5, 5.41) is 3.68. The molecule has 2 aromatic rings. The summed E-state index contributed by atoms with van der Waals surface area (Å²) >= 11 is 13.7. The van der Waals surface area contributed by atoms with Gasteiger partial charge in [-0.25, -0.2) is 0 Å². The van der Waals surface area contributed by atoms with Crippen LogP contribution in [0.1, 0.15) is 25.0 Å². The number of nitrogens with zero attached hydrogens (tertiary/aromatic N) is 1. The Morgan fingerprint density at radius 1 is 1.20 bits per heavy atom. The SMILES string of the molecule is CCOc1cc(C=C2SC(NC(C)=O)=NC2=O)cc(Cl)c1OCc1ccccc1Cl. The molecule has 9 heteroatoms. The number of benzene rings is 2. The monoisotopic (exact) mass is 464 g/mol. The first kappa shape index (κ1) is 22.2. The second-order valence-electron chi connectivity index (χ2n) is 6.16. The van der Waals surface area contributed by atoms with E-state index in [1.807, 2.05) is 25.1 Å². The fraction of sp³-hybridized carbons (Fsp3) is 0.190. The zero-order chi connectivity index (χ0) is 21.7. The Labute approximate surface area is 188 Å². The van der Waals surface area contributed by atoms with Gasteiger partial charge in [-0.2, -0.15) is 4.99 Å². The van der Waals surface area contributed by atoms with E-state index in [1.54, 1.807) is 24.3 Å². The minimum absolute atomic E-state index is 0.224. The Balaban J connectivity index is 1.84. The van der Waals surface area contributed by atoms with Crippen molar-refractivity contribution in [1.29, 1.82) is 0 Å². The Hall–Kier alpha value is -2.48. The van der Waals surface area contributed by atoms with E-state index in [9.17, 15) is 9.59 Å². The number of halogens is 2. The van der Waals surface area contributed by atoms with E-state index in [0.717, 1.165) is 17.3 Å². The standard InChI is InChI=1S/C21H18Cl2N2O4S/c1-3-28-17-9-13(10-18-20(27)25-21(30-18)24-12(2)26)8-16(23)19(17)29-11-14-6-4-5-7-15(14)22/h4-10H,3,11H2,1-2H3,(H,24,25,26,27). The number of ether oxygens (including phenoxy) is 2. The van der Waals surface area contributed by atoms with Crippen LogP contribution in [0.3, 0.4) is 0 Å². The van der Waals surface area contributed by atoms with Gasteiger partial charge in [0, 0.05) is 17.5 Å². The van der Waals surface area contributed by atoms with Crippen molar-refractivity contribution < 1.29 is 19.1 Å². The summed E-state index contributed by atoms with van der Waals surface area (Å²) in [5.41, 5.74) is 1.46. The van der Waals surface area contributed by atoms with Crippen LogP contribution >= 0.6 is 35.0 Å². The number of amides is 2. The second-order valence-corrected chi connectivity index (χ2v) is 8.00. The summed E-state index contributed by atoms with van der Waals surface area (Å²) < 4.78 is 11.6. The lowest BCUT2D eigenvalue weighted by atomic mass is 10.1. The quantitative estimate of drug-likeness (QED) is 0.603. The molecular weight excluding hydrogens is 447 g/mol. The normalized spacial score (nSPS) is 14.6. The maximum atomic E-state index is 12.1. The largest absolute Gasteiger partial charge is 0.490 e. The molecule has 0 spiro atoms. The molecule has 1 aliphatic rings. The fourth-order valence-electron chi connectivity index (χ4n) is 2.60. The number of carbonyl (C=O) groups excluding carboxylic acids is 2. The van der Waals surface area contributed by atoms with E-state index in [2.05, 4.69) is 10.3 Å². The maximum Gasteiger partial charge on any atom is 0.286 e. The fourth-order valence-corrected chi connectivity index (χ4v) is 3.93. The third-order valence-electron chi connectivity index (χ3n) is 3.86. The molecule has 1 heterocycles. The summed E-state index contributed by atoms with van der Waals surface area (Å²) in [4.78, 5) is 27.4. The molecule has 0 saturated carbocycles. The van der Waals surface area contributed by atoms with Gasteiger partial charge in [0.15, 0.2) is 16.7 Å². The molecule has 0 unspecified atom stereocenters. The highest BCUT2D eigenvalue weighted by Gasteiger charge is 2.23. The molecule has 2 aromatic carbocycles. The van der Waals surface area contributed by atoms with E-state index in [4.69, 9.17) is 32.7 Å². The van der Waals surface area contributed by atoms with Crippen molar-refractivity contribution in [3.63, 3.8) is 0 Å². The summed E-state index contributed by atoms with van der Waals surface area (Å²) in [7, 11) is 0. The van der Waals surface area contributed by atoms with Crippen LogP contribution in [-0.2, 0) is 16.2 Å². The van der Waals surface area contributed by atoms with E-state index in [-0.39, 0.29) is 17.7 Å². The molecule has 3 rings (SSSR count). The predicted molar refractivity (Wildman–Crippen MR) is 120 cm³/mol. The number of rotatable bonds is 6. The van der Waals surface area contributed by atoms with Crippen molar-refractivity contribution in [2.24, 2.45) is 4.99 Å². The van der Waals surface area contributed by atoms with Crippen molar-refractivity contribution >= 4 is 58.0 Å². The van der Waals surface area contributed by atoms with Gasteiger partial charge in [-0.1, -0.05) is 41.4 Å². The molecular formula is C21H18Cl2N2O4S. The number of aliphatic imine (C=N–C) groups is 1. The number of amidine groups is 1. The Bertz CT molecular complexity index is 1050. The number of hydrogen-bond donors (Lipinski definition) is 1. The molecule has 0 aliphatic carbocycles. The van der Waals surface area contributed by atoms with Crippen LogP contribution in [0, 0.1) is 0 Å². The van der Waals surface area contributed by atoms with Crippen LogP contribution < -0.4 is 14.8 Å². The van der Waals surface area contributed by atoms with Crippen LogP contribution in [-0.4, -0.2) is 23.6 Å². The summed E-state index contributed by atoms with van der Waals surface area (Å²) in [6, 6.07) is 10.8. The van der Waals surface area contributed by atoms with Crippen LogP contribution in [0.2, 0.25) is 10.0 Å². The van der Waals surface area contributed by atoms with Gasteiger partial charge in [0.05, 0.1) is 16.5 Å². The molecule has 2 amide bonds. The van der Waals surface area contributed by atoms with Gasteiger partial charge in [-0.3, -0.25) is 9.59 Å². The van der Waals surface area contributed by atoms with Gasteiger partial charge in [0.2, 0.25) is 5.91 Å².